The van der Waals surface area contributed by atoms with Crippen LogP contribution < -0.4 is 0 Å². The first-order valence-corrected chi connectivity index (χ1v) is 6.75. The zero-order valence-electron chi connectivity index (χ0n) is 10.4. The van der Waals surface area contributed by atoms with Crippen LogP contribution in [0.15, 0.2) is 0 Å². The lowest BCUT2D eigenvalue weighted by Crippen LogP contribution is -2.52. The van der Waals surface area contributed by atoms with E-state index >= 15 is 0 Å². The van der Waals surface area contributed by atoms with E-state index in [0.717, 1.165) is 23.7 Å². The molecule has 4 saturated carbocycles. The first-order chi connectivity index (χ1) is 7.69. The Morgan fingerprint density at radius 2 is 1.50 bits per heavy atom. The summed E-state index contributed by atoms with van der Waals surface area (Å²) in [5.74, 6) is 4.43. The monoisotopic (exact) mass is 218 g/mol. The van der Waals surface area contributed by atoms with Crippen molar-refractivity contribution in [3.05, 3.63) is 0 Å². The first-order valence-electron chi connectivity index (χ1n) is 6.75. The Labute approximate surface area is 98.6 Å². The van der Waals surface area contributed by atoms with Gasteiger partial charge in [-0.25, -0.2) is 0 Å². The molecular formula is C14H22N2. The van der Waals surface area contributed by atoms with Crippen LogP contribution in [0.5, 0.6) is 0 Å². The molecule has 0 aromatic rings. The van der Waals surface area contributed by atoms with Crippen LogP contribution in [0.4, 0.5) is 0 Å². The predicted octanol–water partition coefficient (Wildman–Crippen LogP) is 2.51. The van der Waals surface area contributed by atoms with Crippen LogP contribution in [0.1, 0.15) is 32.1 Å². The highest BCUT2D eigenvalue weighted by atomic mass is 15.1. The van der Waals surface area contributed by atoms with Crippen molar-refractivity contribution in [1.29, 1.82) is 5.26 Å². The van der Waals surface area contributed by atoms with Crippen LogP contribution in [0.3, 0.4) is 0 Å². The molecule has 0 radical (unpaired) electrons. The molecule has 2 nitrogen and oxygen atoms in total. The summed E-state index contributed by atoms with van der Waals surface area (Å²) in [4.78, 5) is 2.15. The summed E-state index contributed by atoms with van der Waals surface area (Å²) < 4.78 is 0. The lowest BCUT2D eigenvalue weighted by atomic mass is 9.50. The molecule has 0 aromatic carbocycles. The predicted molar refractivity (Wildman–Crippen MR) is 63.6 cm³/mol. The van der Waals surface area contributed by atoms with Crippen molar-refractivity contribution >= 4 is 0 Å². The molecular weight excluding hydrogens is 196 g/mol. The van der Waals surface area contributed by atoms with Gasteiger partial charge < -0.3 is 0 Å². The summed E-state index contributed by atoms with van der Waals surface area (Å²) >= 11 is 0. The third-order valence-corrected chi connectivity index (χ3v) is 5.35. The molecule has 4 aliphatic rings. The topological polar surface area (TPSA) is 27.0 Å². The van der Waals surface area contributed by atoms with Gasteiger partial charge in [-0.05, 0) is 75.8 Å². The van der Waals surface area contributed by atoms with Crippen molar-refractivity contribution in [3.8, 4) is 6.07 Å². The van der Waals surface area contributed by atoms with Gasteiger partial charge in [0, 0.05) is 0 Å². The number of rotatable bonds is 2. The van der Waals surface area contributed by atoms with Gasteiger partial charge in [-0.15, -0.1) is 0 Å². The second-order valence-corrected chi connectivity index (χ2v) is 6.55. The summed E-state index contributed by atoms with van der Waals surface area (Å²) in [7, 11) is 4.14. The second-order valence-electron chi connectivity index (χ2n) is 6.55. The molecule has 0 aliphatic heterocycles. The van der Waals surface area contributed by atoms with Gasteiger partial charge >= 0.3 is 0 Å². The van der Waals surface area contributed by atoms with Crippen molar-refractivity contribution in [2.75, 3.05) is 14.1 Å². The smallest absolute Gasteiger partial charge is 0.101 e. The SMILES string of the molecule is CN(C)C(C#N)C1C2CC3CC(C2)CC1C3. The molecule has 4 bridgehead atoms. The van der Waals surface area contributed by atoms with E-state index in [1.807, 2.05) is 0 Å². The molecule has 1 atom stereocenters. The highest BCUT2D eigenvalue weighted by Crippen LogP contribution is 2.57. The summed E-state index contributed by atoms with van der Waals surface area (Å²) in [6.07, 6.45) is 7.18. The van der Waals surface area contributed by atoms with Crippen molar-refractivity contribution in [2.45, 2.75) is 38.1 Å². The molecule has 0 N–H and O–H groups in total. The fraction of sp³-hybridized carbons (Fsp3) is 0.929. The zero-order valence-corrected chi connectivity index (χ0v) is 10.4. The van der Waals surface area contributed by atoms with Gasteiger partial charge in [0.25, 0.3) is 0 Å². The van der Waals surface area contributed by atoms with Gasteiger partial charge in [0.2, 0.25) is 0 Å². The van der Waals surface area contributed by atoms with E-state index in [-0.39, 0.29) is 6.04 Å². The van der Waals surface area contributed by atoms with Crippen molar-refractivity contribution in [3.63, 3.8) is 0 Å². The Balaban J connectivity index is 1.84. The van der Waals surface area contributed by atoms with Crippen molar-refractivity contribution < 1.29 is 0 Å². The fourth-order valence-corrected chi connectivity index (χ4v) is 5.03. The molecule has 4 rings (SSSR count). The summed E-state index contributed by atoms with van der Waals surface area (Å²) in [6.45, 7) is 0. The van der Waals surface area contributed by atoms with E-state index < -0.39 is 0 Å². The summed E-state index contributed by atoms with van der Waals surface area (Å²) in [5, 5.41) is 9.39. The number of hydrogen-bond acceptors (Lipinski definition) is 2. The third-order valence-electron chi connectivity index (χ3n) is 5.35. The molecule has 16 heavy (non-hydrogen) atoms. The fourth-order valence-electron chi connectivity index (χ4n) is 5.03. The van der Waals surface area contributed by atoms with Gasteiger partial charge in [0.1, 0.15) is 6.04 Å². The molecule has 0 heterocycles. The minimum atomic E-state index is 0.162. The molecule has 0 saturated heterocycles. The number of nitrogens with zero attached hydrogens (tertiary/aromatic N) is 2. The Morgan fingerprint density at radius 1 is 1.00 bits per heavy atom. The maximum atomic E-state index is 9.39. The van der Waals surface area contributed by atoms with Crippen LogP contribution in [-0.2, 0) is 0 Å². The molecule has 2 heteroatoms. The van der Waals surface area contributed by atoms with Crippen LogP contribution in [0, 0.1) is 40.9 Å². The third kappa shape index (κ3) is 1.49. The minimum absolute atomic E-state index is 0.162. The normalized spacial score (nSPS) is 47.0. The molecule has 0 spiro atoms. The number of hydrogen-bond donors (Lipinski definition) is 0. The van der Waals surface area contributed by atoms with Gasteiger partial charge in [-0.2, -0.15) is 5.26 Å². The van der Waals surface area contributed by atoms with Crippen LogP contribution >= 0.6 is 0 Å². The van der Waals surface area contributed by atoms with E-state index in [2.05, 4.69) is 25.1 Å². The van der Waals surface area contributed by atoms with Gasteiger partial charge in [0.05, 0.1) is 6.07 Å². The van der Waals surface area contributed by atoms with Crippen LogP contribution in [-0.4, -0.2) is 25.0 Å². The minimum Gasteiger partial charge on any atom is -0.294 e. The van der Waals surface area contributed by atoms with E-state index in [4.69, 9.17) is 0 Å². The Bertz CT molecular complexity index is 287. The largest absolute Gasteiger partial charge is 0.294 e. The quantitative estimate of drug-likeness (QED) is 0.712. The lowest BCUT2D eigenvalue weighted by Gasteiger charge is -2.56. The Hall–Kier alpha value is -0.550. The van der Waals surface area contributed by atoms with Gasteiger partial charge in [-0.1, -0.05) is 0 Å². The molecule has 0 amide bonds. The molecule has 1 unspecified atom stereocenters. The Morgan fingerprint density at radius 3 is 1.88 bits per heavy atom. The van der Waals surface area contributed by atoms with Crippen LogP contribution in [0.2, 0.25) is 0 Å². The highest BCUT2D eigenvalue weighted by molar-refractivity contribution is 5.07. The van der Waals surface area contributed by atoms with Crippen molar-refractivity contribution in [2.24, 2.45) is 29.6 Å². The lowest BCUT2D eigenvalue weighted by molar-refractivity contribution is -0.0568. The molecule has 0 aromatic heterocycles. The molecule has 4 aliphatic carbocycles. The van der Waals surface area contributed by atoms with E-state index in [1.165, 1.54) is 32.1 Å². The molecule has 4 fully saturated rings. The van der Waals surface area contributed by atoms with Gasteiger partial charge in [0.15, 0.2) is 0 Å². The summed E-state index contributed by atoms with van der Waals surface area (Å²) in [5.41, 5.74) is 0. The maximum Gasteiger partial charge on any atom is 0.101 e. The first kappa shape index (κ1) is 10.6. The van der Waals surface area contributed by atoms with E-state index in [0.29, 0.717) is 5.92 Å². The number of nitriles is 1. The van der Waals surface area contributed by atoms with Crippen LogP contribution in [0.25, 0.3) is 0 Å². The maximum absolute atomic E-state index is 9.39. The standard InChI is InChI=1S/C14H22N2/c1-16(2)13(8-15)14-11-4-9-3-10(6-11)7-12(14)5-9/h9-14H,3-7H2,1-2H3. The van der Waals surface area contributed by atoms with E-state index in [9.17, 15) is 5.26 Å². The Kier molecular flexibility index (Phi) is 2.47. The average molecular weight is 218 g/mol. The zero-order chi connectivity index (χ0) is 11.3. The average Bonchev–Trinajstić information content (AvgIpc) is 2.21. The van der Waals surface area contributed by atoms with Gasteiger partial charge in [-0.3, -0.25) is 4.90 Å². The van der Waals surface area contributed by atoms with Crippen molar-refractivity contribution in [1.82, 2.24) is 4.90 Å². The summed E-state index contributed by atoms with van der Waals surface area (Å²) in [6, 6.07) is 2.72. The van der Waals surface area contributed by atoms with E-state index in [1.54, 1.807) is 0 Å². The second kappa shape index (κ2) is 3.74. The highest BCUT2D eigenvalue weighted by Gasteiger charge is 2.50. The molecule has 88 valence electrons.